The van der Waals surface area contributed by atoms with Crippen molar-refractivity contribution >= 4 is 50.6 Å². The Morgan fingerprint density at radius 1 is 1.00 bits per heavy atom. The highest BCUT2D eigenvalue weighted by atomic mass is 32.1. The number of ether oxygens (including phenoxy) is 3. The number of benzene rings is 2. The first kappa shape index (κ1) is 23.8. The average molecular weight is 491 g/mol. The predicted molar refractivity (Wildman–Crippen MR) is 135 cm³/mol. The molecule has 178 valence electrons. The van der Waals surface area contributed by atoms with Gasteiger partial charge in [0.15, 0.2) is 17.2 Å². The van der Waals surface area contributed by atoms with Crippen LogP contribution < -0.4 is 19.5 Å². The Balaban J connectivity index is 1.86. The van der Waals surface area contributed by atoms with Crippen molar-refractivity contribution in [3.05, 3.63) is 71.4 Å². The molecule has 0 bridgehead atoms. The van der Waals surface area contributed by atoms with E-state index in [0.29, 0.717) is 39.1 Å². The lowest BCUT2D eigenvalue weighted by Gasteiger charge is -2.10. The van der Waals surface area contributed by atoms with Gasteiger partial charge in [-0.15, -0.1) is 11.3 Å². The van der Waals surface area contributed by atoms with Crippen molar-refractivity contribution in [2.75, 3.05) is 19.5 Å². The van der Waals surface area contributed by atoms with E-state index in [0.717, 1.165) is 10.1 Å². The summed E-state index contributed by atoms with van der Waals surface area (Å²) in [4.78, 5) is 28.0. The fourth-order valence-electron chi connectivity index (χ4n) is 3.48. The number of thiophene rings is 1. The lowest BCUT2D eigenvalue weighted by molar-refractivity contribution is -0.130. The molecule has 0 spiro atoms. The largest absolute Gasteiger partial charge is 0.493 e. The second kappa shape index (κ2) is 10.3. The Morgan fingerprint density at radius 3 is 2.26 bits per heavy atom. The number of methoxy groups -OCH3 is 2. The van der Waals surface area contributed by atoms with Crippen molar-refractivity contribution in [2.24, 2.45) is 0 Å². The number of aromatic nitrogens is 1. The Bertz CT molecular complexity index is 1410. The number of aliphatic carboxylic acids is 1. The molecular weight excluding hydrogens is 468 g/mol. The number of pyridine rings is 1. The molecule has 8 nitrogen and oxygen atoms in total. The molecule has 0 aliphatic carbocycles. The van der Waals surface area contributed by atoms with Crippen molar-refractivity contribution in [3.63, 3.8) is 0 Å². The number of rotatable bonds is 8. The first-order valence-corrected chi connectivity index (χ1v) is 11.3. The standard InChI is InChI=1S/C26H22N2O6S/c1-15(29)28-17-4-6-18(7-5-17)34-25-20-12-21(32-2)22(33-3)14-23(20)35-24(25)13-19(26(30)31)16-8-10-27-11-9-16/h4-14H,1-3H3,(H,28,29)(H,30,31). The Morgan fingerprint density at radius 2 is 1.66 bits per heavy atom. The van der Waals surface area contributed by atoms with E-state index in [1.807, 2.05) is 6.07 Å². The zero-order valence-corrected chi connectivity index (χ0v) is 20.0. The lowest BCUT2D eigenvalue weighted by atomic mass is 10.1. The topological polar surface area (TPSA) is 107 Å². The summed E-state index contributed by atoms with van der Waals surface area (Å²) in [6.07, 6.45) is 4.67. The van der Waals surface area contributed by atoms with Gasteiger partial charge in [0.05, 0.1) is 24.7 Å². The molecule has 2 aromatic carbocycles. The van der Waals surface area contributed by atoms with E-state index in [4.69, 9.17) is 14.2 Å². The second-order valence-corrected chi connectivity index (χ2v) is 8.49. The van der Waals surface area contributed by atoms with Crippen LogP contribution in [0.2, 0.25) is 0 Å². The molecule has 0 radical (unpaired) electrons. The molecule has 35 heavy (non-hydrogen) atoms. The summed E-state index contributed by atoms with van der Waals surface area (Å²) in [7, 11) is 3.10. The fourth-order valence-corrected chi connectivity index (χ4v) is 4.56. The van der Waals surface area contributed by atoms with E-state index in [1.54, 1.807) is 75.2 Å². The van der Waals surface area contributed by atoms with Gasteiger partial charge < -0.3 is 24.6 Å². The van der Waals surface area contributed by atoms with Gasteiger partial charge in [-0.1, -0.05) is 0 Å². The molecule has 0 saturated carbocycles. The van der Waals surface area contributed by atoms with Crippen LogP contribution in [0, 0.1) is 0 Å². The van der Waals surface area contributed by atoms with E-state index < -0.39 is 5.97 Å². The number of nitrogens with one attached hydrogen (secondary N) is 1. The molecular formula is C26H22N2O6S. The van der Waals surface area contributed by atoms with Crippen LogP contribution in [0.15, 0.2) is 60.9 Å². The fraction of sp³-hybridized carbons (Fsp3) is 0.115. The SMILES string of the molecule is COc1cc2sc(C=C(C(=O)O)c3ccncc3)c(Oc3ccc(NC(C)=O)cc3)c2cc1OC. The number of carboxylic acid groups (broad SMARTS) is 1. The Hall–Kier alpha value is -4.37. The highest BCUT2D eigenvalue weighted by molar-refractivity contribution is 7.20. The molecule has 0 unspecified atom stereocenters. The van der Waals surface area contributed by atoms with E-state index in [-0.39, 0.29) is 11.5 Å². The maximum absolute atomic E-state index is 12.1. The maximum Gasteiger partial charge on any atom is 0.336 e. The first-order valence-electron chi connectivity index (χ1n) is 10.5. The highest BCUT2D eigenvalue weighted by Crippen LogP contribution is 2.46. The molecule has 2 aromatic heterocycles. The molecule has 0 saturated heterocycles. The first-order chi connectivity index (χ1) is 16.9. The zero-order chi connectivity index (χ0) is 24.9. The number of nitrogens with zero attached hydrogens (tertiary/aromatic N) is 1. The van der Waals surface area contributed by atoms with Gasteiger partial charge >= 0.3 is 5.97 Å². The number of carbonyl (C=O) groups excluding carboxylic acids is 1. The number of hydrogen-bond acceptors (Lipinski definition) is 7. The van der Waals surface area contributed by atoms with Gasteiger partial charge in [-0.05, 0) is 54.1 Å². The van der Waals surface area contributed by atoms with Gasteiger partial charge in [0.1, 0.15) is 5.75 Å². The molecule has 0 aliphatic rings. The normalized spacial score (nSPS) is 11.2. The third kappa shape index (κ3) is 5.25. The van der Waals surface area contributed by atoms with Crippen LogP contribution in [-0.2, 0) is 9.59 Å². The number of hydrogen-bond donors (Lipinski definition) is 2. The zero-order valence-electron chi connectivity index (χ0n) is 19.2. The minimum Gasteiger partial charge on any atom is -0.493 e. The van der Waals surface area contributed by atoms with Crippen LogP contribution in [0.5, 0.6) is 23.0 Å². The third-order valence-corrected chi connectivity index (χ3v) is 6.15. The van der Waals surface area contributed by atoms with Gasteiger partial charge in [-0.2, -0.15) is 0 Å². The van der Waals surface area contributed by atoms with Crippen LogP contribution in [0.1, 0.15) is 17.4 Å². The number of amides is 1. The van der Waals surface area contributed by atoms with Crippen molar-refractivity contribution in [2.45, 2.75) is 6.92 Å². The van der Waals surface area contributed by atoms with Crippen molar-refractivity contribution < 1.29 is 28.9 Å². The van der Waals surface area contributed by atoms with Gasteiger partial charge in [0, 0.05) is 41.2 Å². The van der Waals surface area contributed by atoms with Crippen LogP contribution in [0.4, 0.5) is 5.69 Å². The van der Waals surface area contributed by atoms with Crippen LogP contribution in [0.3, 0.4) is 0 Å². The molecule has 4 aromatic rings. The van der Waals surface area contributed by atoms with E-state index in [9.17, 15) is 14.7 Å². The smallest absolute Gasteiger partial charge is 0.336 e. The molecule has 0 aliphatic heterocycles. The highest BCUT2D eigenvalue weighted by Gasteiger charge is 2.20. The molecule has 4 rings (SSSR count). The minimum atomic E-state index is -1.07. The van der Waals surface area contributed by atoms with Gasteiger partial charge in [0.25, 0.3) is 0 Å². The van der Waals surface area contributed by atoms with Gasteiger partial charge in [-0.25, -0.2) is 4.79 Å². The minimum absolute atomic E-state index is 0.101. The summed E-state index contributed by atoms with van der Waals surface area (Å²) in [5.41, 5.74) is 1.26. The maximum atomic E-state index is 12.1. The van der Waals surface area contributed by atoms with Crippen molar-refractivity contribution in [3.8, 4) is 23.0 Å². The molecule has 9 heteroatoms. The van der Waals surface area contributed by atoms with Crippen LogP contribution in [-0.4, -0.2) is 36.2 Å². The number of fused-ring (bicyclic) bond motifs is 1. The predicted octanol–water partition coefficient (Wildman–Crippen LogP) is 5.69. The number of carboxylic acids is 1. The van der Waals surface area contributed by atoms with E-state index in [2.05, 4.69) is 10.3 Å². The molecule has 0 fully saturated rings. The summed E-state index contributed by atoms with van der Waals surface area (Å²) < 4.78 is 18.0. The van der Waals surface area contributed by atoms with Crippen molar-refractivity contribution in [1.29, 1.82) is 0 Å². The molecule has 1 amide bonds. The monoisotopic (exact) mass is 490 g/mol. The Labute approximate surface area is 205 Å². The van der Waals surface area contributed by atoms with Crippen molar-refractivity contribution in [1.82, 2.24) is 4.98 Å². The second-order valence-electron chi connectivity index (χ2n) is 7.41. The van der Waals surface area contributed by atoms with E-state index in [1.165, 1.54) is 18.3 Å². The lowest BCUT2D eigenvalue weighted by Crippen LogP contribution is -2.05. The number of anilines is 1. The van der Waals surface area contributed by atoms with Crippen LogP contribution >= 0.6 is 11.3 Å². The van der Waals surface area contributed by atoms with E-state index >= 15 is 0 Å². The molecule has 2 N–H and O–H groups in total. The molecule has 2 heterocycles. The van der Waals surface area contributed by atoms with Gasteiger partial charge in [0.2, 0.25) is 5.91 Å². The van der Waals surface area contributed by atoms with Crippen LogP contribution in [0.25, 0.3) is 21.7 Å². The summed E-state index contributed by atoms with van der Waals surface area (Å²) in [6.45, 7) is 1.44. The third-order valence-electron chi connectivity index (χ3n) is 5.07. The quantitative estimate of drug-likeness (QED) is 0.306. The Kier molecular flexibility index (Phi) is 6.98. The summed E-state index contributed by atoms with van der Waals surface area (Å²) in [6, 6.07) is 13.8. The number of carbonyl (C=O) groups is 2. The van der Waals surface area contributed by atoms with Gasteiger partial charge in [-0.3, -0.25) is 9.78 Å². The summed E-state index contributed by atoms with van der Waals surface area (Å²) in [5.74, 6) is 0.820. The average Bonchev–Trinajstić information content (AvgIpc) is 3.18. The molecule has 0 atom stereocenters. The summed E-state index contributed by atoms with van der Waals surface area (Å²) in [5, 5.41) is 13.4. The summed E-state index contributed by atoms with van der Waals surface area (Å²) >= 11 is 1.37.